The smallest absolute Gasteiger partial charge is 0.0667 e. The number of benzene rings is 1. The summed E-state index contributed by atoms with van der Waals surface area (Å²) in [5.74, 6) is 0. The second-order valence-corrected chi connectivity index (χ2v) is 4.79. The lowest BCUT2D eigenvalue weighted by Crippen LogP contribution is -2.30. The van der Waals surface area contributed by atoms with Crippen LogP contribution in [-0.4, -0.2) is 19.3 Å². The van der Waals surface area contributed by atoms with Crippen LogP contribution in [0.15, 0.2) is 22.7 Å². The van der Waals surface area contributed by atoms with Gasteiger partial charge in [-0.15, -0.1) is 0 Å². The average Bonchev–Trinajstić information content (AvgIpc) is 2.26. The van der Waals surface area contributed by atoms with E-state index in [0.717, 1.165) is 24.1 Å². The molecule has 82 valence electrons. The summed E-state index contributed by atoms with van der Waals surface area (Å²) < 4.78 is 6.61. The zero-order chi connectivity index (χ0) is 10.7. The van der Waals surface area contributed by atoms with Crippen LogP contribution in [0.3, 0.4) is 0 Å². The minimum atomic E-state index is 0.455. The van der Waals surface area contributed by atoms with Crippen molar-refractivity contribution in [1.82, 2.24) is 0 Å². The molecule has 1 aliphatic rings. The van der Waals surface area contributed by atoms with Gasteiger partial charge in [-0.3, -0.25) is 0 Å². The van der Waals surface area contributed by atoms with E-state index in [1.807, 2.05) is 0 Å². The molecule has 15 heavy (non-hydrogen) atoms. The Bertz CT molecular complexity index is 334. The van der Waals surface area contributed by atoms with E-state index in [1.165, 1.54) is 17.7 Å². The molecule has 3 heteroatoms. The number of ether oxygens (including phenoxy) is 1. The van der Waals surface area contributed by atoms with Crippen LogP contribution in [0.5, 0.6) is 0 Å². The van der Waals surface area contributed by atoms with Crippen molar-refractivity contribution in [2.45, 2.75) is 25.8 Å². The van der Waals surface area contributed by atoms with Gasteiger partial charge in [0.15, 0.2) is 0 Å². The topological polar surface area (TPSA) is 21.3 Å². The highest BCUT2D eigenvalue weighted by molar-refractivity contribution is 9.10. The van der Waals surface area contributed by atoms with Crippen LogP contribution >= 0.6 is 15.9 Å². The first-order valence-electron chi connectivity index (χ1n) is 5.37. The summed E-state index contributed by atoms with van der Waals surface area (Å²) in [6.07, 6.45) is 2.35. The summed E-state index contributed by atoms with van der Waals surface area (Å²) in [6.45, 7) is 3.83. The lowest BCUT2D eigenvalue weighted by Gasteiger charge is -2.25. The Labute approximate surface area is 99.1 Å². The largest absolute Gasteiger partial charge is 0.379 e. The molecule has 1 heterocycles. The normalized spacial score (nSPS) is 21.3. The molecule has 1 atom stereocenters. The molecule has 1 unspecified atom stereocenters. The molecular formula is C12H16BrNO. The van der Waals surface area contributed by atoms with E-state index in [-0.39, 0.29) is 0 Å². The highest BCUT2D eigenvalue weighted by atomic mass is 79.9. The van der Waals surface area contributed by atoms with Gasteiger partial charge in [-0.1, -0.05) is 12.1 Å². The van der Waals surface area contributed by atoms with Gasteiger partial charge in [0.05, 0.1) is 6.61 Å². The Hall–Kier alpha value is -0.540. The van der Waals surface area contributed by atoms with E-state index in [4.69, 9.17) is 4.74 Å². The van der Waals surface area contributed by atoms with E-state index in [1.54, 1.807) is 0 Å². The fourth-order valence-corrected chi connectivity index (χ4v) is 2.21. The van der Waals surface area contributed by atoms with Crippen LogP contribution in [0.4, 0.5) is 5.69 Å². The SMILES string of the molecule is Cc1cccc(NC2CCCOC2)c1Br. The van der Waals surface area contributed by atoms with E-state index in [9.17, 15) is 0 Å². The molecule has 0 aromatic heterocycles. The number of halogens is 1. The molecule has 2 rings (SSSR count). The van der Waals surface area contributed by atoms with Gasteiger partial charge in [-0.25, -0.2) is 0 Å². The third-order valence-corrected chi connectivity index (χ3v) is 3.76. The molecule has 1 aromatic rings. The first-order valence-corrected chi connectivity index (χ1v) is 6.16. The van der Waals surface area contributed by atoms with E-state index < -0.39 is 0 Å². The van der Waals surface area contributed by atoms with Crippen LogP contribution in [0.25, 0.3) is 0 Å². The second-order valence-electron chi connectivity index (χ2n) is 3.99. The number of hydrogen-bond acceptors (Lipinski definition) is 2. The van der Waals surface area contributed by atoms with Gasteiger partial charge in [0, 0.05) is 22.8 Å². The molecular weight excluding hydrogens is 254 g/mol. The number of rotatable bonds is 2. The van der Waals surface area contributed by atoms with Crippen molar-refractivity contribution >= 4 is 21.6 Å². The lowest BCUT2D eigenvalue weighted by molar-refractivity contribution is 0.0876. The highest BCUT2D eigenvalue weighted by Gasteiger charge is 2.14. The van der Waals surface area contributed by atoms with Gasteiger partial charge >= 0.3 is 0 Å². The minimum absolute atomic E-state index is 0.455. The molecule has 1 aromatic carbocycles. The third-order valence-electron chi connectivity index (χ3n) is 2.71. The third kappa shape index (κ3) is 2.73. The summed E-state index contributed by atoms with van der Waals surface area (Å²) >= 11 is 3.60. The van der Waals surface area contributed by atoms with E-state index in [2.05, 4.69) is 46.4 Å². The Balaban J connectivity index is 2.06. The molecule has 0 radical (unpaired) electrons. The maximum Gasteiger partial charge on any atom is 0.0667 e. The average molecular weight is 270 g/mol. The molecule has 0 spiro atoms. The van der Waals surface area contributed by atoms with Crippen LogP contribution < -0.4 is 5.32 Å². The molecule has 1 aliphatic heterocycles. The molecule has 1 fully saturated rings. The fourth-order valence-electron chi connectivity index (χ4n) is 1.83. The molecule has 0 amide bonds. The van der Waals surface area contributed by atoms with Crippen LogP contribution in [0.2, 0.25) is 0 Å². The predicted molar refractivity (Wildman–Crippen MR) is 66.3 cm³/mol. The van der Waals surface area contributed by atoms with Crippen molar-refractivity contribution in [2.75, 3.05) is 18.5 Å². The molecule has 0 saturated carbocycles. The predicted octanol–water partition coefficient (Wildman–Crippen LogP) is 3.35. The van der Waals surface area contributed by atoms with Crippen LogP contribution in [0.1, 0.15) is 18.4 Å². The monoisotopic (exact) mass is 269 g/mol. The Kier molecular flexibility index (Phi) is 3.65. The highest BCUT2D eigenvalue weighted by Crippen LogP contribution is 2.27. The number of aryl methyl sites for hydroxylation is 1. The number of nitrogens with one attached hydrogen (secondary N) is 1. The second kappa shape index (κ2) is 4.99. The molecule has 2 nitrogen and oxygen atoms in total. The van der Waals surface area contributed by atoms with Crippen molar-refractivity contribution in [2.24, 2.45) is 0 Å². The molecule has 1 N–H and O–H groups in total. The first-order chi connectivity index (χ1) is 7.27. The molecule has 0 bridgehead atoms. The number of hydrogen-bond donors (Lipinski definition) is 1. The maximum atomic E-state index is 5.45. The first kappa shape index (κ1) is 11.0. The quantitative estimate of drug-likeness (QED) is 0.889. The summed E-state index contributed by atoms with van der Waals surface area (Å²) in [4.78, 5) is 0. The summed E-state index contributed by atoms with van der Waals surface area (Å²) in [7, 11) is 0. The van der Waals surface area contributed by atoms with Gasteiger partial charge in [-0.2, -0.15) is 0 Å². The van der Waals surface area contributed by atoms with Crippen molar-refractivity contribution in [3.8, 4) is 0 Å². The van der Waals surface area contributed by atoms with Gasteiger partial charge in [0.25, 0.3) is 0 Å². The van der Waals surface area contributed by atoms with E-state index >= 15 is 0 Å². The fraction of sp³-hybridized carbons (Fsp3) is 0.500. The summed E-state index contributed by atoms with van der Waals surface area (Å²) in [5, 5.41) is 3.52. The minimum Gasteiger partial charge on any atom is -0.379 e. The summed E-state index contributed by atoms with van der Waals surface area (Å²) in [6, 6.07) is 6.74. The van der Waals surface area contributed by atoms with Gasteiger partial charge in [-0.05, 0) is 47.3 Å². The standard InChI is InChI=1S/C12H16BrNO/c1-9-4-2-6-11(12(9)13)14-10-5-3-7-15-8-10/h2,4,6,10,14H,3,5,7-8H2,1H3. The zero-order valence-electron chi connectivity index (χ0n) is 8.92. The van der Waals surface area contributed by atoms with Gasteiger partial charge in [0.1, 0.15) is 0 Å². The molecule has 0 aliphatic carbocycles. The van der Waals surface area contributed by atoms with Crippen LogP contribution in [0, 0.1) is 6.92 Å². The summed E-state index contributed by atoms with van der Waals surface area (Å²) in [5.41, 5.74) is 2.43. The Morgan fingerprint density at radius 2 is 2.33 bits per heavy atom. The maximum absolute atomic E-state index is 5.45. The lowest BCUT2D eigenvalue weighted by atomic mass is 10.1. The zero-order valence-corrected chi connectivity index (χ0v) is 10.5. The van der Waals surface area contributed by atoms with Crippen LogP contribution in [-0.2, 0) is 4.74 Å². The van der Waals surface area contributed by atoms with Crippen molar-refractivity contribution < 1.29 is 4.74 Å². The van der Waals surface area contributed by atoms with Crippen molar-refractivity contribution in [3.05, 3.63) is 28.2 Å². The van der Waals surface area contributed by atoms with Crippen molar-refractivity contribution in [1.29, 1.82) is 0 Å². The number of anilines is 1. The van der Waals surface area contributed by atoms with E-state index in [0.29, 0.717) is 6.04 Å². The Morgan fingerprint density at radius 1 is 1.47 bits per heavy atom. The molecule has 1 saturated heterocycles. The van der Waals surface area contributed by atoms with Gasteiger partial charge in [0.2, 0.25) is 0 Å². The van der Waals surface area contributed by atoms with Gasteiger partial charge < -0.3 is 10.1 Å². The van der Waals surface area contributed by atoms with Crippen molar-refractivity contribution in [3.63, 3.8) is 0 Å². The Morgan fingerprint density at radius 3 is 3.07 bits per heavy atom.